The van der Waals surface area contributed by atoms with Crippen molar-refractivity contribution in [3.63, 3.8) is 0 Å². The Kier molecular flexibility index (Phi) is 5.96. The molecule has 0 aliphatic heterocycles. The van der Waals surface area contributed by atoms with E-state index in [4.69, 9.17) is 4.74 Å². The predicted octanol–water partition coefficient (Wildman–Crippen LogP) is 5.24. The molecule has 0 bridgehead atoms. The van der Waals surface area contributed by atoms with Crippen LogP contribution in [0.1, 0.15) is 18.4 Å². The fourth-order valence-corrected chi connectivity index (χ4v) is 3.41. The molecular weight excluding hydrogens is 316 g/mol. The predicted molar refractivity (Wildman–Crippen MR) is 102 cm³/mol. The van der Waals surface area contributed by atoms with Crippen LogP contribution in [0.5, 0.6) is 5.75 Å². The maximum absolute atomic E-state index is 5.91. The number of para-hydroxylation sites is 3. The van der Waals surface area contributed by atoms with E-state index in [-0.39, 0.29) is 0 Å². The van der Waals surface area contributed by atoms with Crippen LogP contribution < -0.4 is 4.74 Å². The van der Waals surface area contributed by atoms with Crippen molar-refractivity contribution >= 4 is 22.8 Å². The van der Waals surface area contributed by atoms with Crippen molar-refractivity contribution in [2.45, 2.75) is 24.4 Å². The number of H-pyrrole nitrogens is 1. The first kappa shape index (κ1) is 16.7. The molecule has 1 heterocycles. The van der Waals surface area contributed by atoms with Crippen LogP contribution in [-0.4, -0.2) is 22.3 Å². The summed E-state index contributed by atoms with van der Waals surface area (Å²) < 4.78 is 5.91. The highest BCUT2D eigenvalue weighted by Gasteiger charge is 2.03. The molecule has 0 atom stereocenters. The maximum Gasteiger partial charge on any atom is 0.166 e. The van der Waals surface area contributed by atoms with Crippen LogP contribution in [0.2, 0.25) is 0 Å². The summed E-state index contributed by atoms with van der Waals surface area (Å²) in [6, 6.07) is 16.3. The van der Waals surface area contributed by atoms with Crippen molar-refractivity contribution in [1.29, 1.82) is 0 Å². The topological polar surface area (TPSA) is 37.9 Å². The van der Waals surface area contributed by atoms with Crippen molar-refractivity contribution < 1.29 is 4.74 Å². The molecule has 1 aromatic heterocycles. The van der Waals surface area contributed by atoms with Gasteiger partial charge in [-0.1, -0.05) is 48.2 Å². The van der Waals surface area contributed by atoms with Gasteiger partial charge < -0.3 is 9.72 Å². The van der Waals surface area contributed by atoms with E-state index in [1.54, 1.807) is 11.8 Å². The number of unbranched alkanes of at least 4 members (excludes halogenated alkanes) is 1. The van der Waals surface area contributed by atoms with Gasteiger partial charge in [0.2, 0.25) is 0 Å². The highest BCUT2D eigenvalue weighted by atomic mass is 32.2. The van der Waals surface area contributed by atoms with Gasteiger partial charge in [-0.05, 0) is 43.0 Å². The molecule has 3 aromatic rings. The average molecular weight is 338 g/mol. The maximum atomic E-state index is 5.91. The Balaban J connectivity index is 1.39. The van der Waals surface area contributed by atoms with Crippen LogP contribution >= 0.6 is 11.8 Å². The number of aromatic nitrogens is 2. The summed E-state index contributed by atoms with van der Waals surface area (Å²) >= 11 is 1.77. The van der Waals surface area contributed by atoms with E-state index in [1.807, 2.05) is 42.5 Å². The highest BCUT2D eigenvalue weighted by Crippen LogP contribution is 2.21. The lowest BCUT2D eigenvalue weighted by atomic mass is 10.1. The first-order valence-corrected chi connectivity index (χ1v) is 9.24. The Morgan fingerprint density at radius 2 is 1.92 bits per heavy atom. The number of ether oxygens (including phenoxy) is 1. The van der Waals surface area contributed by atoms with Gasteiger partial charge in [-0.2, -0.15) is 0 Å². The number of imidazole rings is 1. The molecule has 3 nitrogen and oxygen atoms in total. The minimum absolute atomic E-state index is 0.745. The smallest absolute Gasteiger partial charge is 0.166 e. The quantitative estimate of drug-likeness (QED) is 0.329. The normalized spacial score (nSPS) is 10.8. The van der Waals surface area contributed by atoms with Gasteiger partial charge >= 0.3 is 0 Å². The van der Waals surface area contributed by atoms with Gasteiger partial charge in [-0.25, -0.2) is 4.98 Å². The molecule has 0 radical (unpaired) electrons. The summed E-state index contributed by atoms with van der Waals surface area (Å²) in [6.07, 6.45) is 4.89. The summed E-state index contributed by atoms with van der Waals surface area (Å²) in [6.45, 7) is 4.54. The molecular formula is C20H22N2OS. The molecule has 0 spiro atoms. The number of nitrogens with one attached hydrogen (secondary N) is 1. The molecule has 0 aliphatic carbocycles. The van der Waals surface area contributed by atoms with Gasteiger partial charge in [0.1, 0.15) is 5.75 Å². The van der Waals surface area contributed by atoms with Crippen molar-refractivity contribution in [3.8, 4) is 5.75 Å². The van der Waals surface area contributed by atoms with E-state index in [0.29, 0.717) is 0 Å². The molecule has 2 aromatic carbocycles. The molecule has 124 valence electrons. The molecule has 24 heavy (non-hydrogen) atoms. The van der Waals surface area contributed by atoms with E-state index in [0.717, 1.165) is 53.6 Å². The van der Waals surface area contributed by atoms with Crippen molar-refractivity contribution in [2.24, 2.45) is 0 Å². The molecule has 0 amide bonds. The first-order valence-electron chi connectivity index (χ1n) is 8.26. The molecule has 3 rings (SSSR count). The summed E-state index contributed by atoms with van der Waals surface area (Å²) in [5.41, 5.74) is 3.33. The third-order valence-corrected chi connectivity index (χ3v) is 4.70. The van der Waals surface area contributed by atoms with Gasteiger partial charge in [0, 0.05) is 5.75 Å². The third-order valence-electron chi connectivity index (χ3n) is 3.74. The summed E-state index contributed by atoms with van der Waals surface area (Å²) in [5, 5.41) is 0.994. The second kappa shape index (κ2) is 8.60. The second-order valence-electron chi connectivity index (χ2n) is 5.56. The van der Waals surface area contributed by atoms with Gasteiger partial charge in [-0.3, -0.25) is 0 Å². The Hall–Kier alpha value is -2.20. The lowest BCUT2D eigenvalue weighted by molar-refractivity contribution is 0.307. The van der Waals surface area contributed by atoms with Crippen LogP contribution in [0, 0.1) is 0 Å². The van der Waals surface area contributed by atoms with Crippen LogP contribution in [0.4, 0.5) is 0 Å². The van der Waals surface area contributed by atoms with Crippen LogP contribution in [0.25, 0.3) is 11.0 Å². The first-order chi connectivity index (χ1) is 11.9. The zero-order valence-corrected chi connectivity index (χ0v) is 14.5. The van der Waals surface area contributed by atoms with Crippen molar-refractivity contribution in [1.82, 2.24) is 9.97 Å². The minimum Gasteiger partial charge on any atom is -0.493 e. The summed E-state index contributed by atoms with van der Waals surface area (Å²) in [7, 11) is 0. The molecule has 4 heteroatoms. The van der Waals surface area contributed by atoms with Gasteiger partial charge in [-0.15, -0.1) is 6.58 Å². The largest absolute Gasteiger partial charge is 0.493 e. The molecule has 0 unspecified atom stereocenters. The number of fused-ring (bicyclic) bond motifs is 1. The molecule has 1 N–H and O–H groups in total. The molecule has 0 aliphatic rings. The number of rotatable bonds is 9. The van der Waals surface area contributed by atoms with Crippen molar-refractivity contribution in [2.75, 3.05) is 12.4 Å². The molecule has 0 saturated carbocycles. The number of aromatic amines is 1. The summed E-state index contributed by atoms with van der Waals surface area (Å²) in [5.74, 6) is 2.01. The Morgan fingerprint density at radius 1 is 1.08 bits per heavy atom. The van der Waals surface area contributed by atoms with Gasteiger partial charge in [0.25, 0.3) is 0 Å². The number of hydrogen-bond acceptors (Lipinski definition) is 3. The Bertz CT molecular complexity index is 764. The monoisotopic (exact) mass is 338 g/mol. The standard InChI is InChI=1S/C20H22N2OS/c1-2-9-16-10-3-6-13-19(16)23-14-7-8-15-24-20-21-17-11-4-5-12-18(17)22-20/h2-6,10-13H,1,7-9,14-15H2,(H,21,22). The van der Waals surface area contributed by atoms with E-state index in [2.05, 4.69) is 28.7 Å². The number of thioether (sulfide) groups is 1. The van der Waals surface area contributed by atoms with E-state index < -0.39 is 0 Å². The summed E-state index contributed by atoms with van der Waals surface area (Å²) in [4.78, 5) is 7.92. The number of benzene rings is 2. The number of allylic oxidation sites excluding steroid dienone is 1. The number of hydrogen-bond donors (Lipinski definition) is 1. The fraction of sp³-hybridized carbons (Fsp3) is 0.250. The van der Waals surface area contributed by atoms with Gasteiger partial charge in [0.15, 0.2) is 5.16 Å². The fourth-order valence-electron chi connectivity index (χ4n) is 2.52. The van der Waals surface area contributed by atoms with Crippen LogP contribution in [0.3, 0.4) is 0 Å². The lowest BCUT2D eigenvalue weighted by Crippen LogP contribution is -2.00. The van der Waals surface area contributed by atoms with E-state index in [1.165, 1.54) is 5.56 Å². The minimum atomic E-state index is 0.745. The SMILES string of the molecule is C=CCc1ccccc1OCCCCSc1nc2ccccc2[nH]1. The zero-order valence-electron chi connectivity index (χ0n) is 13.7. The Labute approximate surface area is 147 Å². The molecule has 0 fully saturated rings. The average Bonchev–Trinajstić information content (AvgIpc) is 3.02. The zero-order chi connectivity index (χ0) is 16.6. The van der Waals surface area contributed by atoms with E-state index >= 15 is 0 Å². The van der Waals surface area contributed by atoms with E-state index in [9.17, 15) is 0 Å². The van der Waals surface area contributed by atoms with Crippen molar-refractivity contribution in [3.05, 3.63) is 66.7 Å². The molecule has 0 saturated heterocycles. The Morgan fingerprint density at radius 3 is 2.79 bits per heavy atom. The highest BCUT2D eigenvalue weighted by molar-refractivity contribution is 7.99. The van der Waals surface area contributed by atoms with Gasteiger partial charge in [0.05, 0.1) is 17.6 Å². The van der Waals surface area contributed by atoms with Crippen LogP contribution in [-0.2, 0) is 6.42 Å². The second-order valence-corrected chi connectivity index (χ2v) is 6.65. The van der Waals surface area contributed by atoms with Crippen LogP contribution in [0.15, 0.2) is 66.3 Å². The number of nitrogens with zero attached hydrogens (tertiary/aromatic N) is 1. The third kappa shape index (κ3) is 4.42. The lowest BCUT2D eigenvalue weighted by Gasteiger charge is -2.10.